The monoisotopic (exact) mass is 185 g/mol. The van der Waals surface area contributed by atoms with Crippen molar-refractivity contribution in [1.82, 2.24) is 0 Å². The van der Waals surface area contributed by atoms with E-state index in [1.165, 1.54) is 25.7 Å². The Balaban J connectivity index is 1.99. The maximum Gasteiger partial charge on any atom is 0.0576 e. The quantitative estimate of drug-likeness (QED) is 0.713. The molecule has 1 rings (SSSR count). The van der Waals surface area contributed by atoms with E-state index in [4.69, 9.17) is 10.5 Å². The van der Waals surface area contributed by atoms with Gasteiger partial charge in [-0.1, -0.05) is 13.8 Å². The highest BCUT2D eigenvalue weighted by Crippen LogP contribution is 2.18. The maximum atomic E-state index is 5.96. The van der Waals surface area contributed by atoms with Crippen LogP contribution in [-0.2, 0) is 4.74 Å². The second-order valence-electron chi connectivity index (χ2n) is 4.47. The average Bonchev–Trinajstić information content (AvgIpc) is 2.56. The summed E-state index contributed by atoms with van der Waals surface area (Å²) in [6.07, 6.45) is 6.64. The van der Waals surface area contributed by atoms with Gasteiger partial charge in [0.2, 0.25) is 0 Å². The SMILES string of the molecule is CC(C)C(N)CCCC1CCCO1. The Morgan fingerprint density at radius 1 is 1.46 bits per heavy atom. The molecule has 78 valence electrons. The summed E-state index contributed by atoms with van der Waals surface area (Å²) >= 11 is 0. The minimum atomic E-state index is 0.376. The zero-order chi connectivity index (χ0) is 9.68. The van der Waals surface area contributed by atoms with Gasteiger partial charge in [-0.3, -0.25) is 0 Å². The third kappa shape index (κ3) is 4.10. The Labute approximate surface area is 81.8 Å². The molecular weight excluding hydrogens is 162 g/mol. The third-order valence-corrected chi connectivity index (χ3v) is 2.94. The first-order chi connectivity index (χ1) is 6.20. The first-order valence-electron chi connectivity index (χ1n) is 5.57. The van der Waals surface area contributed by atoms with E-state index in [1.54, 1.807) is 0 Å². The maximum absolute atomic E-state index is 5.96. The number of ether oxygens (including phenoxy) is 1. The van der Waals surface area contributed by atoms with E-state index >= 15 is 0 Å². The van der Waals surface area contributed by atoms with Crippen LogP contribution in [0.4, 0.5) is 0 Å². The van der Waals surface area contributed by atoms with Crippen LogP contribution in [0.15, 0.2) is 0 Å². The summed E-state index contributed by atoms with van der Waals surface area (Å²) in [5, 5.41) is 0. The molecule has 0 spiro atoms. The molecule has 0 aliphatic carbocycles. The molecular formula is C11H23NO. The molecule has 1 fully saturated rings. The van der Waals surface area contributed by atoms with Crippen LogP contribution >= 0.6 is 0 Å². The molecule has 2 unspecified atom stereocenters. The molecule has 1 saturated heterocycles. The van der Waals surface area contributed by atoms with Gasteiger partial charge in [-0.05, 0) is 38.0 Å². The van der Waals surface area contributed by atoms with Crippen LogP contribution in [0.25, 0.3) is 0 Å². The molecule has 2 N–H and O–H groups in total. The summed E-state index contributed by atoms with van der Waals surface area (Å²) in [6, 6.07) is 0.376. The summed E-state index contributed by atoms with van der Waals surface area (Å²) in [5.74, 6) is 0.615. The number of rotatable bonds is 5. The van der Waals surface area contributed by atoms with Gasteiger partial charge >= 0.3 is 0 Å². The Morgan fingerprint density at radius 3 is 2.77 bits per heavy atom. The highest BCUT2D eigenvalue weighted by atomic mass is 16.5. The van der Waals surface area contributed by atoms with E-state index in [0.29, 0.717) is 18.1 Å². The van der Waals surface area contributed by atoms with E-state index < -0.39 is 0 Å². The topological polar surface area (TPSA) is 35.2 Å². The number of hydrogen-bond acceptors (Lipinski definition) is 2. The molecule has 0 aromatic carbocycles. The van der Waals surface area contributed by atoms with Crippen molar-refractivity contribution in [1.29, 1.82) is 0 Å². The number of nitrogens with two attached hydrogens (primary N) is 1. The van der Waals surface area contributed by atoms with Gasteiger partial charge in [-0.25, -0.2) is 0 Å². The van der Waals surface area contributed by atoms with Crippen molar-refractivity contribution in [2.45, 2.75) is 58.1 Å². The van der Waals surface area contributed by atoms with Gasteiger partial charge in [0.25, 0.3) is 0 Å². The standard InChI is InChI=1S/C11H23NO/c1-9(2)11(12)7-3-5-10-6-4-8-13-10/h9-11H,3-8,12H2,1-2H3. The van der Waals surface area contributed by atoms with Crippen LogP contribution in [0.5, 0.6) is 0 Å². The fourth-order valence-electron chi connectivity index (χ4n) is 1.79. The van der Waals surface area contributed by atoms with Crippen LogP contribution in [0.1, 0.15) is 46.0 Å². The van der Waals surface area contributed by atoms with Crippen LogP contribution < -0.4 is 5.73 Å². The largest absolute Gasteiger partial charge is 0.378 e. The fraction of sp³-hybridized carbons (Fsp3) is 1.00. The molecule has 2 nitrogen and oxygen atoms in total. The van der Waals surface area contributed by atoms with E-state index in [2.05, 4.69) is 13.8 Å². The highest BCUT2D eigenvalue weighted by molar-refractivity contribution is 4.69. The van der Waals surface area contributed by atoms with Crippen molar-refractivity contribution in [3.63, 3.8) is 0 Å². The summed E-state index contributed by atoms with van der Waals surface area (Å²) in [5.41, 5.74) is 5.96. The van der Waals surface area contributed by atoms with Crippen LogP contribution in [0, 0.1) is 5.92 Å². The van der Waals surface area contributed by atoms with Crippen molar-refractivity contribution in [2.75, 3.05) is 6.61 Å². The Morgan fingerprint density at radius 2 is 2.23 bits per heavy atom. The lowest BCUT2D eigenvalue weighted by atomic mass is 9.98. The molecule has 1 aliphatic heterocycles. The van der Waals surface area contributed by atoms with Crippen molar-refractivity contribution in [3.8, 4) is 0 Å². The van der Waals surface area contributed by atoms with E-state index in [1.807, 2.05) is 0 Å². The molecule has 2 atom stereocenters. The van der Waals surface area contributed by atoms with E-state index in [-0.39, 0.29) is 0 Å². The molecule has 0 aromatic heterocycles. The van der Waals surface area contributed by atoms with Crippen LogP contribution in [0.3, 0.4) is 0 Å². The van der Waals surface area contributed by atoms with Gasteiger partial charge in [0, 0.05) is 12.6 Å². The predicted molar refractivity (Wildman–Crippen MR) is 55.6 cm³/mol. The highest BCUT2D eigenvalue weighted by Gasteiger charge is 2.15. The summed E-state index contributed by atoms with van der Waals surface area (Å²) in [4.78, 5) is 0. The van der Waals surface area contributed by atoms with E-state index in [0.717, 1.165) is 13.0 Å². The first kappa shape index (κ1) is 11.0. The molecule has 0 saturated carbocycles. The van der Waals surface area contributed by atoms with Gasteiger partial charge in [0.1, 0.15) is 0 Å². The third-order valence-electron chi connectivity index (χ3n) is 2.94. The van der Waals surface area contributed by atoms with Crippen LogP contribution in [0.2, 0.25) is 0 Å². The Bertz CT molecular complexity index is 128. The minimum Gasteiger partial charge on any atom is -0.378 e. The normalized spacial score (nSPS) is 25.4. The zero-order valence-electron chi connectivity index (χ0n) is 8.96. The Kier molecular flexibility index (Phi) is 4.74. The fourth-order valence-corrected chi connectivity index (χ4v) is 1.79. The van der Waals surface area contributed by atoms with Crippen molar-refractivity contribution in [3.05, 3.63) is 0 Å². The molecule has 0 bridgehead atoms. The summed E-state index contributed by atoms with van der Waals surface area (Å²) in [6.45, 7) is 5.36. The molecule has 0 amide bonds. The van der Waals surface area contributed by atoms with Crippen molar-refractivity contribution in [2.24, 2.45) is 11.7 Å². The van der Waals surface area contributed by atoms with E-state index in [9.17, 15) is 0 Å². The Hall–Kier alpha value is -0.0800. The minimum absolute atomic E-state index is 0.376. The van der Waals surface area contributed by atoms with Gasteiger partial charge in [-0.15, -0.1) is 0 Å². The van der Waals surface area contributed by atoms with Gasteiger partial charge in [0.05, 0.1) is 6.10 Å². The molecule has 0 aromatic rings. The molecule has 2 heteroatoms. The lowest BCUT2D eigenvalue weighted by Crippen LogP contribution is -2.26. The second-order valence-corrected chi connectivity index (χ2v) is 4.47. The van der Waals surface area contributed by atoms with Gasteiger partial charge in [-0.2, -0.15) is 0 Å². The second kappa shape index (κ2) is 5.61. The predicted octanol–water partition coefficient (Wildman–Crippen LogP) is 2.32. The molecule has 1 heterocycles. The lowest BCUT2D eigenvalue weighted by molar-refractivity contribution is 0.101. The summed E-state index contributed by atoms with van der Waals surface area (Å²) < 4.78 is 5.55. The van der Waals surface area contributed by atoms with Gasteiger partial charge < -0.3 is 10.5 Å². The van der Waals surface area contributed by atoms with Crippen LogP contribution in [-0.4, -0.2) is 18.8 Å². The van der Waals surface area contributed by atoms with Gasteiger partial charge in [0.15, 0.2) is 0 Å². The lowest BCUT2D eigenvalue weighted by Gasteiger charge is -2.16. The summed E-state index contributed by atoms with van der Waals surface area (Å²) in [7, 11) is 0. The average molecular weight is 185 g/mol. The number of hydrogen-bond donors (Lipinski definition) is 1. The molecule has 0 radical (unpaired) electrons. The first-order valence-corrected chi connectivity index (χ1v) is 5.57. The van der Waals surface area contributed by atoms with Crippen molar-refractivity contribution >= 4 is 0 Å². The van der Waals surface area contributed by atoms with Crippen molar-refractivity contribution < 1.29 is 4.74 Å². The zero-order valence-corrected chi connectivity index (χ0v) is 8.96. The molecule has 1 aliphatic rings. The smallest absolute Gasteiger partial charge is 0.0576 e. The molecule has 13 heavy (non-hydrogen) atoms.